The molecular formula is C17H25IN4O2S. The second-order valence-electron chi connectivity index (χ2n) is 5.20. The summed E-state index contributed by atoms with van der Waals surface area (Å²) < 4.78 is 10.6. The maximum atomic E-state index is 5.41. The van der Waals surface area contributed by atoms with Crippen molar-refractivity contribution < 1.29 is 9.47 Å². The second-order valence-corrected chi connectivity index (χ2v) is 6.49. The van der Waals surface area contributed by atoms with E-state index in [0.29, 0.717) is 13.1 Å². The predicted molar refractivity (Wildman–Crippen MR) is 114 cm³/mol. The van der Waals surface area contributed by atoms with E-state index in [-0.39, 0.29) is 24.0 Å². The number of aryl methyl sites for hydroxylation is 2. The lowest BCUT2D eigenvalue weighted by molar-refractivity contribution is 0.390. The first kappa shape index (κ1) is 21.5. The summed E-state index contributed by atoms with van der Waals surface area (Å²) in [6.07, 6.45) is 0. The summed E-state index contributed by atoms with van der Waals surface area (Å²) >= 11 is 1.70. The average molecular weight is 476 g/mol. The molecule has 8 heteroatoms. The maximum Gasteiger partial charge on any atom is 0.191 e. The van der Waals surface area contributed by atoms with E-state index >= 15 is 0 Å². The van der Waals surface area contributed by atoms with Crippen LogP contribution in [0.1, 0.15) is 21.1 Å². The first-order chi connectivity index (χ1) is 11.6. The van der Waals surface area contributed by atoms with Gasteiger partial charge in [0.15, 0.2) is 5.96 Å². The van der Waals surface area contributed by atoms with E-state index in [1.807, 2.05) is 32.0 Å². The van der Waals surface area contributed by atoms with Crippen LogP contribution < -0.4 is 20.1 Å². The Kier molecular flexibility index (Phi) is 8.98. The highest BCUT2D eigenvalue weighted by Crippen LogP contribution is 2.24. The number of guanidine groups is 1. The molecule has 25 heavy (non-hydrogen) atoms. The third kappa shape index (κ3) is 6.03. The molecule has 0 aliphatic rings. The zero-order chi connectivity index (χ0) is 17.5. The molecule has 2 rings (SSSR count). The van der Waals surface area contributed by atoms with Crippen molar-refractivity contribution in [3.63, 3.8) is 0 Å². The quantitative estimate of drug-likeness (QED) is 0.381. The Labute approximate surface area is 170 Å². The fraction of sp³-hybridized carbons (Fsp3) is 0.412. The van der Waals surface area contributed by atoms with E-state index in [1.54, 1.807) is 32.6 Å². The molecule has 1 aromatic heterocycles. The molecule has 0 aliphatic heterocycles. The van der Waals surface area contributed by atoms with Crippen molar-refractivity contribution in [2.24, 2.45) is 4.99 Å². The number of nitrogens with zero attached hydrogens (tertiary/aromatic N) is 2. The lowest BCUT2D eigenvalue weighted by Crippen LogP contribution is -2.36. The lowest BCUT2D eigenvalue weighted by Gasteiger charge is -2.14. The van der Waals surface area contributed by atoms with E-state index < -0.39 is 0 Å². The Morgan fingerprint density at radius 3 is 2.44 bits per heavy atom. The van der Waals surface area contributed by atoms with Gasteiger partial charge in [0.2, 0.25) is 0 Å². The van der Waals surface area contributed by atoms with Gasteiger partial charge in [0.25, 0.3) is 0 Å². The van der Waals surface area contributed by atoms with Gasteiger partial charge in [-0.25, -0.2) is 4.98 Å². The van der Waals surface area contributed by atoms with Gasteiger partial charge in [-0.05, 0) is 26.0 Å². The summed E-state index contributed by atoms with van der Waals surface area (Å²) in [5.41, 5.74) is 2.10. The molecule has 0 saturated heterocycles. The van der Waals surface area contributed by atoms with Crippen molar-refractivity contribution in [2.75, 3.05) is 21.3 Å². The molecule has 0 atom stereocenters. The normalized spacial score (nSPS) is 10.8. The van der Waals surface area contributed by atoms with Crippen LogP contribution in [0.5, 0.6) is 11.5 Å². The summed E-state index contributed by atoms with van der Waals surface area (Å²) in [5, 5.41) is 7.69. The van der Waals surface area contributed by atoms with Crippen LogP contribution in [0.3, 0.4) is 0 Å². The van der Waals surface area contributed by atoms with Crippen LogP contribution in [0.25, 0.3) is 0 Å². The molecule has 2 N–H and O–H groups in total. The summed E-state index contributed by atoms with van der Waals surface area (Å²) in [7, 11) is 5.05. The standard InChI is InChI=1S/C17H24N4O2S.HI/c1-11-16(24-12(2)21-11)10-20-17(18-3)19-9-13-6-7-14(22-4)8-15(13)23-5;/h6-8H,9-10H2,1-5H3,(H2,18,19,20);1H. The van der Waals surface area contributed by atoms with Crippen molar-refractivity contribution in [1.82, 2.24) is 15.6 Å². The number of nitrogens with one attached hydrogen (secondary N) is 2. The van der Waals surface area contributed by atoms with Crippen LogP contribution in [0, 0.1) is 13.8 Å². The molecule has 0 spiro atoms. The summed E-state index contributed by atoms with van der Waals surface area (Å²) in [5.74, 6) is 2.29. The zero-order valence-corrected chi connectivity index (χ0v) is 18.3. The van der Waals surface area contributed by atoms with Crippen LogP contribution in [0.2, 0.25) is 0 Å². The van der Waals surface area contributed by atoms with E-state index in [4.69, 9.17) is 9.47 Å². The van der Waals surface area contributed by atoms with Crippen molar-refractivity contribution in [3.8, 4) is 11.5 Å². The highest BCUT2D eigenvalue weighted by atomic mass is 127. The summed E-state index contributed by atoms with van der Waals surface area (Å²) in [6.45, 7) is 5.35. The van der Waals surface area contributed by atoms with Crippen LogP contribution in [0.4, 0.5) is 0 Å². The predicted octanol–water partition coefficient (Wildman–Crippen LogP) is 3.26. The van der Waals surface area contributed by atoms with Gasteiger partial charge >= 0.3 is 0 Å². The van der Waals surface area contributed by atoms with Crippen LogP contribution >= 0.6 is 35.3 Å². The number of hydrogen-bond donors (Lipinski definition) is 2. The highest BCUT2D eigenvalue weighted by molar-refractivity contribution is 14.0. The monoisotopic (exact) mass is 476 g/mol. The molecule has 138 valence electrons. The largest absolute Gasteiger partial charge is 0.497 e. The molecule has 1 aromatic carbocycles. The minimum absolute atomic E-state index is 0. The van der Waals surface area contributed by atoms with E-state index in [9.17, 15) is 0 Å². The Morgan fingerprint density at radius 2 is 1.88 bits per heavy atom. The Hall–Kier alpha value is -1.55. The zero-order valence-electron chi connectivity index (χ0n) is 15.2. The van der Waals surface area contributed by atoms with Gasteiger partial charge in [-0.3, -0.25) is 4.99 Å². The average Bonchev–Trinajstić information content (AvgIpc) is 2.92. The van der Waals surface area contributed by atoms with Crippen LogP contribution in [-0.2, 0) is 13.1 Å². The topological polar surface area (TPSA) is 67.8 Å². The third-order valence-corrected chi connectivity index (χ3v) is 4.65. The van der Waals surface area contributed by atoms with Crippen molar-refractivity contribution in [2.45, 2.75) is 26.9 Å². The third-order valence-electron chi connectivity index (χ3n) is 3.58. The van der Waals surface area contributed by atoms with Crippen LogP contribution in [-0.4, -0.2) is 32.2 Å². The van der Waals surface area contributed by atoms with E-state index in [1.165, 1.54) is 4.88 Å². The molecule has 1 heterocycles. The molecule has 0 bridgehead atoms. The van der Waals surface area contributed by atoms with Gasteiger partial charge in [-0.2, -0.15) is 0 Å². The molecule has 0 fully saturated rings. The second kappa shape index (κ2) is 10.4. The fourth-order valence-electron chi connectivity index (χ4n) is 2.30. The minimum atomic E-state index is 0. The Balaban J connectivity index is 0.00000312. The first-order valence-electron chi connectivity index (χ1n) is 7.65. The van der Waals surface area contributed by atoms with Gasteiger partial charge in [-0.15, -0.1) is 35.3 Å². The van der Waals surface area contributed by atoms with Gasteiger partial charge in [0.1, 0.15) is 11.5 Å². The summed E-state index contributed by atoms with van der Waals surface area (Å²) in [6, 6.07) is 5.77. The van der Waals surface area contributed by atoms with Gasteiger partial charge in [0.05, 0.1) is 31.5 Å². The van der Waals surface area contributed by atoms with Gasteiger partial charge in [-0.1, -0.05) is 0 Å². The molecule has 0 amide bonds. The molecular weight excluding hydrogens is 451 g/mol. The lowest BCUT2D eigenvalue weighted by atomic mass is 10.2. The van der Waals surface area contributed by atoms with Crippen molar-refractivity contribution in [1.29, 1.82) is 0 Å². The number of aliphatic imine (C=N–C) groups is 1. The molecule has 2 aromatic rings. The Bertz CT molecular complexity index is 719. The Morgan fingerprint density at radius 1 is 1.16 bits per heavy atom. The molecule has 6 nitrogen and oxygen atoms in total. The number of ether oxygens (including phenoxy) is 2. The molecule has 0 radical (unpaired) electrons. The number of thiazole rings is 1. The number of benzene rings is 1. The number of halogens is 1. The SMILES string of the molecule is CN=C(NCc1ccc(OC)cc1OC)NCc1sc(C)nc1C.I. The van der Waals surface area contributed by atoms with Crippen molar-refractivity contribution in [3.05, 3.63) is 39.3 Å². The molecule has 0 saturated carbocycles. The molecule has 0 aliphatic carbocycles. The summed E-state index contributed by atoms with van der Waals surface area (Å²) in [4.78, 5) is 9.91. The number of aromatic nitrogens is 1. The first-order valence-corrected chi connectivity index (χ1v) is 8.47. The van der Waals surface area contributed by atoms with Crippen molar-refractivity contribution >= 4 is 41.3 Å². The fourth-order valence-corrected chi connectivity index (χ4v) is 3.18. The number of hydrogen-bond acceptors (Lipinski definition) is 5. The van der Waals surface area contributed by atoms with Gasteiger partial charge < -0.3 is 20.1 Å². The van der Waals surface area contributed by atoms with Crippen LogP contribution in [0.15, 0.2) is 23.2 Å². The smallest absolute Gasteiger partial charge is 0.191 e. The molecule has 0 unspecified atom stereocenters. The minimum Gasteiger partial charge on any atom is -0.497 e. The van der Waals surface area contributed by atoms with E-state index in [0.717, 1.165) is 33.7 Å². The van der Waals surface area contributed by atoms with E-state index in [2.05, 4.69) is 20.6 Å². The number of methoxy groups -OCH3 is 2. The maximum absolute atomic E-state index is 5.41. The number of rotatable bonds is 6. The van der Waals surface area contributed by atoms with Gasteiger partial charge in [0, 0.05) is 30.1 Å². The highest BCUT2D eigenvalue weighted by Gasteiger charge is 2.08.